The van der Waals surface area contributed by atoms with E-state index in [0.29, 0.717) is 22.6 Å². The third kappa shape index (κ3) is 3.14. The lowest BCUT2D eigenvalue weighted by Gasteiger charge is -2.21. The Bertz CT molecular complexity index is 1230. The van der Waals surface area contributed by atoms with Gasteiger partial charge in [0.15, 0.2) is 5.78 Å². The van der Waals surface area contributed by atoms with Crippen molar-refractivity contribution in [2.45, 2.75) is 45.4 Å². The van der Waals surface area contributed by atoms with E-state index in [0.717, 1.165) is 59.5 Å². The highest BCUT2D eigenvalue weighted by Crippen LogP contribution is 2.40. The number of benzene rings is 1. The molecule has 2 aromatic rings. The normalized spacial score (nSPS) is 21.0. The van der Waals surface area contributed by atoms with Crippen molar-refractivity contribution in [3.05, 3.63) is 64.4 Å². The maximum absolute atomic E-state index is 15.1. The second kappa shape index (κ2) is 6.98. The Balaban J connectivity index is 1.40. The molecule has 4 aliphatic rings. The third-order valence-electron chi connectivity index (χ3n) is 6.90. The number of fused-ring (bicyclic) bond motifs is 2. The number of aliphatic imine (C=N–C) groups is 1. The Morgan fingerprint density at radius 1 is 1.19 bits per heavy atom. The van der Waals surface area contributed by atoms with E-state index in [2.05, 4.69) is 22.2 Å². The van der Waals surface area contributed by atoms with Crippen LogP contribution in [0.15, 0.2) is 41.2 Å². The zero-order valence-electron chi connectivity index (χ0n) is 17.6. The standard InChI is InChI=1S/C26H24FN3O/c1-14-21(13-30-23-3-2-6-28-26(14)23)17-9-18-19(22(27)10-17)11-25(31)20(18)7-15-8-24(29-12-15)16-4-5-16/h7,9-10,12-13,16,28H,2-6,8,11H2,1H3/b20-7-. The molecule has 0 spiro atoms. The quantitative estimate of drug-likeness (QED) is 0.704. The molecule has 0 bridgehead atoms. The van der Waals surface area contributed by atoms with Crippen LogP contribution in [0.2, 0.25) is 0 Å². The largest absolute Gasteiger partial charge is 0.383 e. The van der Waals surface area contributed by atoms with Crippen molar-refractivity contribution in [2.24, 2.45) is 10.9 Å². The van der Waals surface area contributed by atoms with Crippen LogP contribution in [0.3, 0.4) is 0 Å². The molecule has 6 rings (SSSR count). The monoisotopic (exact) mass is 413 g/mol. The van der Waals surface area contributed by atoms with Gasteiger partial charge in [-0.15, -0.1) is 0 Å². The lowest BCUT2D eigenvalue weighted by molar-refractivity contribution is -0.112. The molecular formula is C26H24FN3O. The number of allylic oxidation sites excluding steroid dienone is 3. The number of ketones is 1. The van der Waals surface area contributed by atoms with Crippen LogP contribution >= 0.6 is 0 Å². The van der Waals surface area contributed by atoms with Crippen LogP contribution in [0.1, 0.15) is 48.1 Å². The number of halogens is 1. The molecular weight excluding hydrogens is 389 g/mol. The first-order chi connectivity index (χ1) is 15.1. The van der Waals surface area contributed by atoms with Gasteiger partial charge in [0.2, 0.25) is 0 Å². The van der Waals surface area contributed by atoms with Crippen LogP contribution in [-0.4, -0.2) is 23.0 Å². The minimum atomic E-state index is -0.315. The molecule has 0 radical (unpaired) electrons. The number of carbonyl (C=O) groups is 1. The van der Waals surface area contributed by atoms with Crippen LogP contribution in [0.25, 0.3) is 16.7 Å². The third-order valence-corrected chi connectivity index (χ3v) is 6.90. The summed E-state index contributed by atoms with van der Waals surface area (Å²) in [6, 6.07) is 3.52. The maximum Gasteiger partial charge on any atom is 0.167 e. The number of rotatable bonds is 3. The summed E-state index contributed by atoms with van der Waals surface area (Å²) in [5.74, 6) is 0.286. The van der Waals surface area contributed by atoms with E-state index < -0.39 is 0 Å². The number of nitrogens with one attached hydrogen (secondary N) is 1. The first-order valence-corrected chi connectivity index (χ1v) is 11.1. The lowest BCUT2D eigenvalue weighted by Crippen LogP contribution is -2.14. The molecule has 1 fully saturated rings. The Kier molecular flexibility index (Phi) is 4.20. The molecule has 156 valence electrons. The van der Waals surface area contributed by atoms with Crippen molar-refractivity contribution in [3.8, 4) is 11.1 Å². The highest BCUT2D eigenvalue weighted by Gasteiger charge is 2.32. The number of aromatic nitrogens is 1. The molecule has 0 saturated heterocycles. The van der Waals surface area contributed by atoms with E-state index in [9.17, 15) is 4.79 Å². The van der Waals surface area contributed by atoms with Crippen LogP contribution in [-0.2, 0) is 17.6 Å². The molecule has 1 aromatic carbocycles. The fourth-order valence-electron chi connectivity index (χ4n) is 5.02. The van der Waals surface area contributed by atoms with Gasteiger partial charge in [-0.05, 0) is 79.0 Å². The van der Waals surface area contributed by atoms with E-state index in [-0.39, 0.29) is 18.0 Å². The van der Waals surface area contributed by atoms with Gasteiger partial charge in [0.1, 0.15) is 5.82 Å². The number of hydrogen-bond acceptors (Lipinski definition) is 4. The number of anilines is 1. The second-order valence-corrected chi connectivity index (χ2v) is 9.07. The van der Waals surface area contributed by atoms with Crippen molar-refractivity contribution in [1.29, 1.82) is 0 Å². The SMILES string of the molecule is Cc1c(-c2cc(F)c3c(c2)/C(=C/C2=CN=C(C4CC4)C2)C(=O)C3)cnc2c1NCCC2. The summed E-state index contributed by atoms with van der Waals surface area (Å²) in [6.07, 6.45) is 11.0. The van der Waals surface area contributed by atoms with Crippen molar-refractivity contribution in [1.82, 2.24) is 4.98 Å². The van der Waals surface area contributed by atoms with Gasteiger partial charge in [0.05, 0.1) is 11.4 Å². The fraction of sp³-hybridized carbons (Fsp3) is 0.346. The van der Waals surface area contributed by atoms with Crippen molar-refractivity contribution in [3.63, 3.8) is 0 Å². The molecule has 4 nitrogen and oxygen atoms in total. The molecule has 1 aromatic heterocycles. The molecule has 0 unspecified atom stereocenters. The topological polar surface area (TPSA) is 54.4 Å². The number of Topliss-reactive ketones (excluding diaryl/α,β-unsaturated/α-hetero) is 1. The molecule has 1 N–H and O–H groups in total. The Labute approximate surface area is 181 Å². The van der Waals surface area contributed by atoms with Crippen molar-refractivity contribution < 1.29 is 9.18 Å². The summed E-state index contributed by atoms with van der Waals surface area (Å²) in [5, 5.41) is 3.45. The predicted molar refractivity (Wildman–Crippen MR) is 121 cm³/mol. The number of pyridine rings is 1. The van der Waals surface area contributed by atoms with Gasteiger partial charge in [0.25, 0.3) is 0 Å². The highest BCUT2D eigenvalue weighted by molar-refractivity contribution is 6.26. The van der Waals surface area contributed by atoms with Gasteiger partial charge in [-0.2, -0.15) is 0 Å². The van der Waals surface area contributed by atoms with Gasteiger partial charge in [-0.3, -0.25) is 14.8 Å². The molecule has 3 heterocycles. The Morgan fingerprint density at radius 2 is 2.06 bits per heavy atom. The molecule has 0 amide bonds. The predicted octanol–water partition coefficient (Wildman–Crippen LogP) is 5.20. The van der Waals surface area contributed by atoms with Crippen LogP contribution in [0.4, 0.5) is 10.1 Å². The summed E-state index contributed by atoms with van der Waals surface area (Å²) in [6.45, 7) is 2.99. The van der Waals surface area contributed by atoms with E-state index in [1.807, 2.05) is 24.5 Å². The molecule has 0 atom stereocenters. The highest BCUT2D eigenvalue weighted by atomic mass is 19.1. The van der Waals surface area contributed by atoms with Gasteiger partial charge in [-0.25, -0.2) is 4.39 Å². The first kappa shape index (κ1) is 18.7. The molecule has 5 heteroatoms. The summed E-state index contributed by atoms with van der Waals surface area (Å²) < 4.78 is 15.1. The minimum absolute atomic E-state index is 0.0197. The average Bonchev–Trinajstić information content (AvgIpc) is 3.44. The number of nitrogens with zero attached hydrogens (tertiary/aromatic N) is 2. The van der Waals surface area contributed by atoms with E-state index in [1.54, 1.807) is 6.07 Å². The molecule has 2 aliphatic carbocycles. The zero-order valence-corrected chi connectivity index (χ0v) is 17.6. The molecule has 1 saturated carbocycles. The number of aryl methyl sites for hydroxylation is 1. The van der Waals surface area contributed by atoms with Gasteiger partial charge in [-0.1, -0.05) is 0 Å². The Morgan fingerprint density at radius 3 is 2.90 bits per heavy atom. The summed E-state index contributed by atoms with van der Waals surface area (Å²) in [4.78, 5) is 22.0. The van der Waals surface area contributed by atoms with Crippen LogP contribution in [0.5, 0.6) is 0 Å². The molecule has 2 aliphatic heterocycles. The van der Waals surface area contributed by atoms with Crippen LogP contribution in [0, 0.1) is 18.7 Å². The summed E-state index contributed by atoms with van der Waals surface area (Å²) >= 11 is 0. The number of hydrogen-bond donors (Lipinski definition) is 1. The first-order valence-electron chi connectivity index (χ1n) is 11.1. The van der Waals surface area contributed by atoms with Gasteiger partial charge >= 0.3 is 0 Å². The van der Waals surface area contributed by atoms with Gasteiger partial charge < -0.3 is 5.32 Å². The average molecular weight is 413 g/mol. The van der Waals surface area contributed by atoms with Crippen molar-refractivity contribution in [2.75, 3.05) is 11.9 Å². The summed E-state index contributed by atoms with van der Waals surface area (Å²) in [7, 11) is 0. The lowest BCUT2D eigenvalue weighted by atomic mass is 9.94. The van der Waals surface area contributed by atoms with Gasteiger partial charge in [0, 0.05) is 54.2 Å². The van der Waals surface area contributed by atoms with E-state index in [4.69, 9.17) is 0 Å². The van der Waals surface area contributed by atoms with E-state index in [1.165, 1.54) is 18.6 Å². The minimum Gasteiger partial charge on any atom is -0.383 e. The van der Waals surface area contributed by atoms with Crippen molar-refractivity contribution >= 4 is 22.8 Å². The smallest absolute Gasteiger partial charge is 0.167 e. The summed E-state index contributed by atoms with van der Waals surface area (Å²) in [5.41, 5.74) is 8.99. The maximum atomic E-state index is 15.1. The fourth-order valence-corrected chi connectivity index (χ4v) is 5.02. The second-order valence-electron chi connectivity index (χ2n) is 9.07. The number of carbonyl (C=O) groups excluding carboxylic acids is 1. The zero-order chi connectivity index (χ0) is 21.1. The molecule has 31 heavy (non-hydrogen) atoms. The Hall–Kier alpha value is -3.08. The van der Waals surface area contributed by atoms with E-state index >= 15 is 4.39 Å². The van der Waals surface area contributed by atoms with Crippen LogP contribution < -0.4 is 5.32 Å².